The highest BCUT2D eigenvalue weighted by molar-refractivity contribution is 8.45. The van der Waals surface area contributed by atoms with Crippen molar-refractivity contribution < 1.29 is 19.4 Å². The maximum Gasteiger partial charge on any atom is 0.311 e. The normalized spacial score (nSPS) is 23.5. The van der Waals surface area contributed by atoms with Crippen LogP contribution in [0.1, 0.15) is 6.92 Å². The summed E-state index contributed by atoms with van der Waals surface area (Å²) in [6, 6.07) is 1.56. The number of rotatable bonds is 2. The van der Waals surface area contributed by atoms with E-state index in [9.17, 15) is 19.4 Å². The van der Waals surface area contributed by atoms with E-state index in [2.05, 4.69) is 10.3 Å². The molecule has 1 fully saturated rings. The summed E-state index contributed by atoms with van der Waals surface area (Å²) in [6.45, 7) is 3.75. The fourth-order valence-electron chi connectivity index (χ4n) is 1.93. The Hall–Kier alpha value is -0.800. The fourth-order valence-corrected chi connectivity index (χ4v) is 2.51. The maximum atomic E-state index is 12.5. The number of aromatic nitrogens is 1. The Kier molecular flexibility index (Phi) is 3.97. The van der Waals surface area contributed by atoms with Gasteiger partial charge in [0.1, 0.15) is 10.7 Å². The van der Waals surface area contributed by atoms with Gasteiger partial charge in [-0.2, -0.15) is 0 Å². The van der Waals surface area contributed by atoms with Gasteiger partial charge in [0.05, 0.1) is 6.20 Å². The summed E-state index contributed by atoms with van der Waals surface area (Å²) in [6.07, 6.45) is 0.212. The third kappa shape index (κ3) is 4.10. The van der Waals surface area contributed by atoms with Crippen LogP contribution < -0.4 is 10.2 Å². The van der Waals surface area contributed by atoms with Crippen molar-refractivity contribution in [2.24, 2.45) is 0 Å². The summed E-state index contributed by atoms with van der Waals surface area (Å²) in [7, 11) is -9.62. The van der Waals surface area contributed by atoms with Gasteiger partial charge in [-0.1, -0.05) is 19.4 Å². The molecule has 0 amide bonds. The molecule has 1 aromatic heterocycles. The molecule has 0 aromatic carbocycles. The molecule has 0 spiro atoms. The summed E-state index contributed by atoms with van der Waals surface area (Å²) >= 11 is 0. The Morgan fingerprint density at radius 2 is 1.90 bits per heavy atom. The molecule has 1 aliphatic heterocycles. The standard InChI is InChI=1S/C10H14F5N3S.ClH/c1-8-7-18(5-4-16-8)10-3-2-9(6-17-10)19(11,12,13,14)15;/h2-3,6,8,16H,4-5,7H2,1H3;1H/t8-;/m0./s1. The van der Waals surface area contributed by atoms with Crippen LogP contribution in [0.5, 0.6) is 0 Å². The minimum Gasteiger partial charge on any atom is -0.354 e. The molecule has 0 saturated carbocycles. The second kappa shape index (κ2) is 4.60. The molecule has 2 rings (SSSR count). The summed E-state index contributed by atoms with van der Waals surface area (Å²) in [5.41, 5.74) is 0. The van der Waals surface area contributed by atoms with Crippen molar-refractivity contribution in [2.45, 2.75) is 17.9 Å². The number of pyridine rings is 1. The first kappa shape index (κ1) is 17.3. The number of anilines is 1. The van der Waals surface area contributed by atoms with Gasteiger partial charge in [-0.25, -0.2) is 4.98 Å². The van der Waals surface area contributed by atoms with Crippen LogP contribution in [0.2, 0.25) is 0 Å². The van der Waals surface area contributed by atoms with Gasteiger partial charge in [0.15, 0.2) is 0 Å². The maximum absolute atomic E-state index is 12.5. The molecule has 0 radical (unpaired) electrons. The Bertz CT molecular complexity index is 477. The highest BCUT2D eigenvalue weighted by Gasteiger charge is 2.65. The van der Waals surface area contributed by atoms with E-state index in [1.807, 2.05) is 6.92 Å². The number of hydrogen-bond acceptors (Lipinski definition) is 3. The molecule has 0 aliphatic carbocycles. The third-order valence-electron chi connectivity index (χ3n) is 2.86. The predicted octanol–water partition coefficient (Wildman–Crippen LogP) is 3.96. The van der Waals surface area contributed by atoms with Crippen LogP contribution in [0.25, 0.3) is 0 Å². The van der Waals surface area contributed by atoms with Crippen LogP contribution in [0.3, 0.4) is 0 Å². The van der Waals surface area contributed by atoms with Gasteiger partial charge in [0, 0.05) is 25.7 Å². The van der Waals surface area contributed by atoms with Crippen LogP contribution in [0.4, 0.5) is 25.2 Å². The van der Waals surface area contributed by atoms with Crippen molar-refractivity contribution >= 4 is 28.4 Å². The monoisotopic (exact) mass is 339 g/mol. The number of hydrogen-bond donors (Lipinski definition) is 1. The van der Waals surface area contributed by atoms with E-state index in [4.69, 9.17) is 0 Å². The molecule has 2 heterocycles. The van der Waals surface area contributed by atoms with Gasteiger partial charge in [0.2, 0.25) is 0 Å². The SMILES string of the molecule is C[C@H]1CN(c2ccc(S(F)(F)(F)(F)F)cn2)CCN1.Cl. The second-order valence-corrected chi connectivity index (χ2v) is 7.03. The van der Waals surface area contributed by atoms with Crippen molar-refractivity contribution in [1.82, 2.24) is 10.3 Å². The van der Waals surface area contributed by atoms with Crippen LogP contribution in [0, 0.1) is 0 Å². The van der Waals surface area contributed by atoms with E-state index < -0.39 is 15.1 Å². The van der Waals surface area contributed by atoms with E-state index >= 15 is 0 Å². The van der Waals surface area contributed by atoms with Gasteiger partial charge in [0.25, 0.3) is 0 Å². The van der Waals surface area contributed by atoms with Crippen LogP contribution >= 0.6 is 22.6 Å². The zero-order valence-electron chi connectivity index (χ0n) is 10.5. The zero-order valence-corrected chi connectivity index (χ0v) is 12.2. The molecular formula is C10H15ClF5N3S. The van der Waals surface area contributed by atoms with Crippen molar-refractivity contribution in [2.75, 3.05) is 24.5 Å². The van der Waals surface area contributed by atoms with Crippen LogP contribution in [-0.4, -0.2) is 30.7 Å². The van der Waals surface area contributed by atoms with Gasteiger partial charge >= 0.3 is 10.2 Å². The first-order chi connectivity index (χ1) is 8.45. The number of halogens is 6. The smallest absolute Gasteiger partial charge is 0.311 e. The van der Waals surface area contributed by atoms with E-state index in [1.54, 1.807) is 4.90 Å². The lowest BCUT2D eigenvalue weighted by atomic mass is 10.2. The topological polar surface area (TPSA) is 28.2 Å². The highest BCUT2D eigenvalue weighted by Crippen LogP contribution is 3.02. The number of piperazine rings is 1. The summed E-state index contributed by atoms with van der Waals surface area (Å²) in [4.78, 5) is 3.33. The highest BCUT2D eigenvalue weighted by atomic mass is 35.5. The van der Waals surface area contributed by atoms with Gasteiger partial charge < -0.3 is 10.2 Å². The van der Waals surface area contributed by atoms with E-state index in [0.29, 0.717) is 25.7 Å². The fraction of sp³-hybridized carbons (Fsp3) is 0.500. The molecule has 3 nitrogen and oxygen atoms in total. The molecule has 118 valence electrons. The minimum absolute atomic E-state index is 0. The Morgan fingerprint density at radius 3 is 2.35 bits per heavy atom. The Balaban J connectivity index is 0.00000200. The predicted molar refractivity (Wildman–Crippen MR) is 72.6 cm³/mol. The van der Waals surface area contributed by atoms with Crippen molar-refractivity contribution in [1.29, 1.82) is 0 Å². The lowest BCUT2D eigenvalue weighted by Crippen LogP contribution is -2.49. The molecule has 0 unspecified atom stereocenters. The van der Waals surface area contributed by atoms with E-state index in [1.165, 1.54) is 0 Å². The summed E-state index contributed by atoms with van der Waals surface area (Å²) < 4.78 is 62.6. The molecule has 1 aromatic rings. The molecule has 1 N–H and O–H groups in total. The van der Waals surface area contributed by atoms with Gasteiger partial charge in [-0.05, 0) is 19.1 Å². The quantitative estimate of drug-likeness (QED) is 0.827. The first-order valence-electron chi connectivity index (χ1n) is 5.64. The number of nitrogens with zero attached hydrogens (tertiary/aromatic N) is 2. The average molecular weight is 340 g/mol. The summed E-state index contributed by atoms with van der Waals surface area (Å²) in [5.74, 6) is 0.277. The molecular weight excluding hydrogens is 325 g/mol. The van der Waals surface area contributed by atoms with E-state index in [0.717, 1.165) is 6.07 Å². The van der Waals surface area contributed by atoms with Crippen molar-refractivity contribution in [3.8, 4) is 0 Å². The van der Waals surface area contributed by atoms with E-state index in [-0.39, 0.29) is 30.5 Å². The molecule has 20 heavy (non-hydrogen) atoms. The lowest BCUT2D eigenvalue weighted by molar-refractivity contribution is 0.363. The lowest BCUT2D eigenvalue weighted by Gasteiger charge is -2.40. The second-order valence-electron chi connectivity index (χ2n) is 4.62. The molecule has 0 bridgehead atoms. The first-order valence-corrected chi connectivity index (χ1v) is 7.59. The van der Waals surface area contributed by atoms with Gasteiger partial charge in [-0.15, -0.1) is 12.4 Å². The number of nitrogens with one attached hydrogen (secondary N) is 1. The van der Waals surface area contributed by atoms with Crippen LogP contribution in [0.15, 0.2) is 23.2 Å². The van der Waals surface area contributed by atoms with Gasteiger partial charge in [-0.3, -0.25) is 0 Å². The Morgan fingerprint density at radius 1 is 1.25 bits per heavy atom. The summed E-state index contributed by atoms with van der Waals surface area (Å²) in [5, 5.41) is 3.17. The molecule has 1 aliphatic rings. The average Bonchev–Trinajstić information content (AvgIpc) is 2.26. The molecule has 1 atom stereocenters. The Labute approximate surface area is 119 Å². The zero-order chi connectivity index (χ0) is 14.4. The van der Waals surface area contributed by atoms with Crippen molar-refractivity contribution in [3.05, 3.63) is 18.3 Å². The van der Waals surface area contributed by atoms with Crippen molar-refractivity contribution in [3.63, 3.8) is 0 Å². The largest absolute Gasteiger partial charge is 0.354 e. The van der Waals surface area contributed by atoms with Crippen LogP contribution in [-0.2, 0) is 0 Å². The minimum atomic E-state index is -9.62. The molecule has 10 heteroatoms. The third-order valence-corrected chi connectivity index (χ3v) is 3.99. The molecule has 1 saturated heterocycles.